The lowest BCUT2D eigenvalue weighted by molar-refractivity contribution is -0.144. The van der Waals surface area contributed by atoms with Crippen molar-refractivity contribution < 1.29 is 39.3 Å². The van der Waals surface area contributed by atoms with Gasteiger partial charge in [-0.25, -0.2) is 4.79 Å². The van der Waals surface area contributed by atoms with Crippen molar-refractivity contribution in [3.05, 3.63) is 0 Å². The first-order valence-electron chi connectivity index (χ1n) is 9.11. The topological polar surface area (TPSA) is 208 Å². The number of amides is 3. The fourth-order valence-corrected chi connectivity index (χ4v) is 2.29. The van der Waals surface area contributed by atoms with Crippen LogP contribution in [0, 0.1) is 5.92 Å². The molecule has 0 aliphatic heterocycles. The summed E-state index contributed by atoms with van der Waals surface area (Å²) in [6.07, 6.45) is -0.394. The van der Waals surface area contributed by atoms with E-state index in [1.165, 1.54) is 6.92 Å². The highest BCUT2D eigenvalue weighted by molar-refractivity contribution is 5.94. The Morgan fingerprint density at radius 1 is 0.862 bits per heavy atom. The average Bonchev–Trinajstić information content (AvgIpc) is 2.61. The van der Waals surface area contributed by atoms with Gasteiger partial charge in [0.15, 0.2) is 0 Å². The number of carboxylic acids is 2. The third kappa shape index (κ3) is 10.4. The lowest BCUT2D eigenvalue weighted by Crippen LogP contribution is -2.56. The van der Waals surface area contributed by atoms with Crippen LogP contribution in [0.4, 0.5) is 0 Å². The first kappa shape index (κ1) is 26.3. The van der Waals surface area contributed by atoms with Crippen LogP contribution in [-0.2, 0) is 24.0 Å². The smallest absolute Gasteiger partial charge is 0.328 e. The highest BCUT2D eigenvalue weighted by Gasteiger charge is 2.29. The van der Waals surface area contributed by atoms with Gasteiger partial charge in [0, 0.05) is 6.42 Å². The summed E-state index contributed by atoms with van der Waals surface area (Å²) in [5.74, 6) is -4.87. The van der Waals surface area contributed by atoms with Gasteiger partial charge in [0.1, 0.15) is 18.1 Å². The minimum atomic E-state index is -1.61. The van der Waals surface area contributed by atoms with Gasteiger partial charge < -0.3 is 37.0 Å². The molecule has 3 amide bonds. The Morgan fingerprint density at radius 3 is 1.86 bits per heavy atom. The van der Waals surface area contributed by atoms with Crippen LogP contribution in [0.2, 0.25) is 0 Å². The third-order valence-electron chi connectivity index (χ3n) is 3.89. The molecule has 0 saturated heterocycles. The molecule has 8 N–H and O–H groups in total. The molecule has 4 atom stereocenters. The Hall–Kier alpha value is -2.73. The molecule has 12 heteroatoms. The van der Waals surface area contributed by atoms with E-state index in [1.807, 2.05) is 19.2 Å². The summed E-state index contributed by atoms with van der Waals surface area (Å²) in [6.45, 7) is 4.23. The maximum absolute atomic E-state index is 12.3. The summed E-state index contributed by atoms with van der Waals surface area (Å²) in [6, 6.07) is -4.89. The SMILES string of the molecule is CC(C)CC(N)C(=O)NC(C)C(=O)NC(CCC(=O)O)C(=O)NC(CO)C(=O)O. The summed E-state index contributed by atoms with van der Waals surface area (Å²) < 4.78 is 0. The molecule has 0 heterocycles. The average molecular weight is 418 g/mol. The van der Waals surface area contributed by atoms with Crippen molar-refractivity contribution in [1.29, 1.82) is 0 Å². The highest BCUT2D eigenvalue weighted by atomic mass is 16.4. The van der Waals surface area contributed by atoms with Crippen molar-refractivity contribution in [2.75, 3.05) is 6.61 Å². The molecular formula is C17H30N4O8. The number of nitrogens with one attached hydrogen (secondary N) is 3. The van der Waals surface area contributed by atoms with E-state index >= 15 is 0 Å². The number of aliphatic carboxylic acids is 2. The zero-order valence-electron chi connectivity index (χ0n) is 16.7. The third-order valence-corrected chi connectivity index (χ3v) is 3.89. The Balaban J connectivity index is 5.05. The minimum Gasteiger partial charge on any atom is -0.481 e. The molecule has 166 valence electrons. The van der Waals surface area contributed by atoms with Crippen LogP contribution in [-0.4, -0.2) is 75.8 Å². The molecule has 29 heavy (non-hydrogen) atoms. The molecule has 0 fully saturated rings. The number of rotatable bonds is 13. The fourth-order valence-electron chi connectivity index (χ4n) is 2.29. The van der Waals surface area contributed by atoms with Crippen molar-refractivity contribution >= 4 is 29.7 Å². The van der Waals surface area contributed by atoms with Crippen molar-refractivity contribution in [1.82, 2.24) is 16.0 Å². The lowest BCUT2D eigenvalue weighted by Gasteiger charge is -2.23. The first-order chi connectivity index (χ1) is 13.4. The molecule has 0 aliphatic rings. The molecule has 0 bridgehead atoms. The van der Waals surface area contributed by atoms with Gasteiger partial charge in [-0.15, -0.1) is 0 Å². The lowest BCUT2D eigenvalue weighted by atomic mass is 10.0. The summed E-state index contributed by atoms with van der Waals surface area (Å²) in [7, 11) is 0. The standard InChI is InChI=1S/C17H30N4O8/c1-8(2)6-10(18)15(26)19-9(3)14(25)20-11(4-5-13(23)24)16(27)21-12(7-22)17(28)29/h8-12,22H,4-7,18H2,1-3H3,(H,19,26)(H,20,25)(H,21,27)(H,23,24)(H,28,29). The Kier molecular flexibility index (Phi) is 11.5. The summed E-state index contributed by atoms with van der Waals surface area (Å²) in [4.78, 5) is 58.3. The predicted octanol–water partition coefficient (Wildman–Crippen LogP) is -2.22. The molecule has 0 aliphatic carbocycles. The van der Waals surface area contributed by atoms with Gasteiger partial charge in [0.2, 0.25) is 17.7 Å². The quantitative estimate of drug-likeness (QED) is 0.172. The second-order valence-corrected chi connectivity index (χ2v) is 7.04. The molecule has 0 saturated carbocycles. The Bertz CT molecular complexity index is 610. The van der Waals surface area contributed by atoms with Gasteiger partial charge >= 0.3 is 11.9 Å². The highest BCUT2D eigenvalue weighted by Crippen LogP contribution is 2.04. The van der Waals surface area contributed by atoms with Crippen LogP contribution in [0.3, 0.4) is 0 Å². The first-order valence-corrected chi connectivity index (χ1v) is 9.11. The number of hydrogen-bond acceptors (Lipinski definition) is 7. The normalized spacial score (nSPS) is 15.0. The van der Waals surface area contributed by atoms with E-state index < -0.39 is 66.9 Å². The molecule has 0 aromatic heterocycles. The van der Waals surface area contributed by atoms with Crippen LogP contribution >= 0.6 is 0 Å². The van der Waals surface area contributed by atoms with Crippen LogP contribution in [0.25, 0.3) is 0 Å². The Labute approximate surface area is 168 Å². The monoisotopic (exact) mass is 418 g/mol. The number of nitrogens with two attached hydrogens (primary N) is 1. The number of aliphatic hydroxyl groups is 1. The van der Waals surface area contributed by atoms with Gasteiger partial charge in [0.05, 0.1) is 12.6 Å². The van der Waals surface area contributed by atoms with Crippen molar-refractivity contribution in [3.63, 3.8) is 0 Å². The molecule has 0 rings (SSSR count). The maximum atomic E-state index is 12.3. The minimum absolute atomic E-state index is 0.165. The largest absolute Gasteiger partial charge is 0.481 e. The summed E-state index contributed by atoms with van der Waals surface area (Å²) in [5, 5.41) is 33.4. The molecule has 12 nitrogen and oxygen atoms in total. The van der Waals surface area contributed by atoms with Crippen LogP contribution in [0.5, 0.6) is 0 Å². The molecule has 4 unspecified atom stereocenters. The number of hydrogen-bond donors (Lipinski definition) is 7. The van der Waals surface area contributed by atoms with Crippen molar-refractivity contribution in [3.8, 4) is 0 Å². The molecule has 0 aromatic carbocycles. The van der Waals surface area contributed by atoms with Crippen molar-refractivity contribution in [2.24, 2.45) is 11.7 Å². The van der Waals surface area contributed by atoms with Crippen LogP contribution in [0.15, 0.2) is 0 Å². The van der Waals surface area contributed by atoms with E-state index in [0.717, 1.165) is 0 Å². The summed E-state index contributed by atoms with van der Waals surface area (Å²) in [5.41, 5.74) is 5.74. The maximum Gasteiger partial charge on any atom is 0.328 e. The second kappa shape index (κ2) is 12.7. The van der Waals surface area contributed by atoms with Gasteiger partial charge in [0.25, 0.3) is 0 Å². The van der Waals surface area contributed by atoms with E-state index in [9.17, 15) is 24.0 Å². The zero-order valence-corrected chi connectivity index (χ0v) is 16.7. The van der Waals surface area contributed by atoms with E-state index in [2.05, 4.69) is 10.6 Å². The van der Waals surface area contributed by atoms with E-state index in [0.29, 0.717) is 6.42 Å². The van der Waals surface area contributed by atoms with Crippen LogP contribution in [0.1, 0.15) is 40.0 Å². The number of aliphatic hydroxyl groups excluding tert-OH is 1. The summed E-state index contributed by atoms with van der Waals surface area (Å²) >= 11 is 0. The fraction of sp³-hybridized carbons (Fsp3) is 0.706. The van der Waals surface area contributed by atoms with Gasteiger partial charge in [-0.3, -0.25) is 19.2 Å². The van der Waals surface area contributed by atoms with E-state index in [1.54, 1.807) is 0 Å². The zero-order chi connectivity index (χ0) is 22.7. The van der Waals surface area contributed by atoms with E-state index in [4.69, 9.17) is 21.1 Å². The van der Waals surface area contributed by atoms with Gasteiger partial charge in [-0.1, -0.05) is 13.8 Å². The number of carbonyl (C=O) groups is 5. The molecule has 0 spiro atoms. The van der Waals surface area contributed by atoms with E-state index in [-0.39, 0.29) is 12.3 Å². The predicted molar refractivity (Wildman–Crippen MR) is 100 cm³/mol. The van der Waals surface area contributed by atoms with Gasteiger partial charge in [-0.05, 0) is 25.7 Å². The number of carbonyl (C=O) groups excluding carboxylic acids is 3. The second-order valence-electron chi connectivity index (χ2n) is 7.04. The molecule has 0 radical (unpaired) electrons. The van der Waals surface area contributed by atoms with Gasteiger partial charge in [-0.2, -0.15) is 0 Å². The molecule has 0 aromatic rings. The Morgan fingerprint density at radius 2 is 1.41 bits per heavy atom. The molecular weight excluding hydrogens is 388 g/mol. The van der Waals surface area contributed by atoms with Crippen LogP contribution < -0.4 is 21.7 Å². The number of carboxylic acid groups (broad SMARTS) is 2. The van der Waals surface area contributed by atoms with Crippen molar-refractivity contribution in [2.45, 2.75) is 64.2 Å².